The Balaban J connectivity index is 2.06. The standard InChI is InChI=1S/C12H12BrClFN3S/c13-8-3-4-9(14)10-11(8)18(6-5-15)16-12(10)17-19-7-1-2-7/h3-4,7H,1-2,5-6H2,(H,16,17). The number of rotatable bonds is 5. The number of nitrogens with zero attached hydrogens (tertiary/aromatic N) is 2. The van der Waals surface area contributed by atoms with E-state index < -0.39 is 6.67 Å². The van der Waals surface area contributed by atoms with Crippen molar-refractivity contribution in [2.75, 3.05) is 11.4 Å². The van der Waals surface area contributed by atoms with Crippen LogP contribution in [0.4, 0.5) is 10.2 Å². The minimum atomic E-state index is -0.453. The van der Waals surface area contributed by atoms with Gasteiger partial charge in [-0.2, -0.15) is 5.10 Å². The summed E-state index contributed by atoms with van der Waals surface area (Å²) in [7, 11) is 0. The smallest absolute Gasteiger partial charge is 0.167 e. The number of aryl methyl sites for hydroxylation is 1. The van der Waals surface area contributed by atoms with Gasteiger partial charge in [-0.3, -0.25) is 4.68 Å². The number of hydrogen-bond donors (Lipinski definition) is 1. The first kappa shape index (κ1) is 13.5. The Hall–Kier alpha value is -0.460. The van der Waals surface area contributed by atoms with Crippen LogP contribution in [0.3, 0.4) is 0 Å². The Morgan fingerprint density at radius 2 is 2.32 bits per heavy atom. The summed E-state index contributed by atoms with van der Waals surface area (Å²) in [5.41, 5.74) is 0.837. The van der Waals surface area contributed by atoms with Gasteiger partial charge in [-0.25, -0.2) is 4.39 Å². The largest absolute Gasteiger partial charge is 0.312 e. The van der Waals surface area contributed by atoms with Gasteiger partial charge < -0.3 is 4.72 Å². The molecule has 2 aromatic rings. The van der Waals surface area contributed by atoms with Gasteiger partial charge in [0.1, 0.15) is 6.67 Å². The van der Waals surface area contributed by atoms with Crippen LogP contribution < -0.4 is 4.72 Å². The van der Waals surface area contributed by atoms with E-state index in [-0.39, 0.29) is 6.54 Å². The molecule has 1 heterocycles. The molecule has 0 radical (unpaired) electrons. The fraction of sp³-hybridized carbons (Fsp3) is 0.417. The van der Waals surface area contributed by atoms with E-state index in [1.54, 1.807) is 16.6 Å². The normalized spacial score (nSPS) is 15.1. The van der Waals surface area contributed by atoms with Gasteiger partial charge >= 0.3 is 0 Å². The van der Waals surface area contributed by atoms with Crippen LogP contribution in [0.15, 0.2) is 16.6 Å². The summed E-state index contributed by atoms with van der Waals surface area (Å²) in [4.78, 5) is 0. The van der Waals surface area contributed by atoms with E-state index >= 15 is 0 Å². The molecule has 1 saturated carbocycles. The van der Waals surface area contributed by atoms with Gasteiger partial charge in [0.2, 0.25) is 0 Å². The molecule has 19 heavy (non-hydrogen) atoms. The number of halogens is 3. The highest BCUT2D eigenvalue weighted by Gasteiger charge is 2.24. The van der Waals surface area contributed by atoms with E-state index in [1.165, 1.54) is 12.8 Å². The maximum Gasteiger partial charge on any atom is 0.167 e. The van der Waals surface area contributed by atoms with Crippen molar-refractivity contribution >= 4 is 56.2 Å². The van der Waals surface area contributed by atoms with Crippen LogP contribution in [0.1, 0.15) is 12.8 Å². The molecule has 0 aliphatic heterocycles. The minimum absolute atomic E-state index is 0.227. The molecule has 1 aliphatic rings. The van der Waals surface area contributed by atoms with Crippen molar-refractivity contribution in [1.82, 2.24) is 9.78 Å². The van der Waals surface area contributed by atoms with Crippen molar-refractivity contribution in [1.29, 1.82) is 0 Å². The number of benzene rings is 1. The van der Waals surface area contributed by atoms with Gasteiger partial charge in [0.05, 0.1) is 22.5 Å². The third-order valence-corrected chi connectivity index (χ3v) is 5.01. The van der Waals surface area contributed by atoms with Crippen molar-refractivity contribution < 1.29 is 4.39 Å². The number of anilines is 1. The molecule has 0 saturated heterocycles. The zero-order valence-electron chi connectivity index (χ0n) is 10.00. The predicted octanol–water partition coefficient (Wildman–Crippen LogP) is 4.64. The van der Waals surface area contributed by atoms with E-state index in [4.69, 9.17) is 11.6 Å². The molecule has 0 bridgehead atoms. The fourth-order valence-corrected chi connectivity index (χ4v) is 3.45. The molecule has 1 aromatic carbocycles. The molecule has 102 valence electrons. The van der Waals surface area contributed by atoms with Crippen LogP contribution in [0.2, 0.25) is 5.02 Å². The molecule has 0 unspecified atom stereocenters. The van der Waals surface area contributed by atoms with E-state index in [2.05, 4.69) is 25.8 Å². The van der Waals surface area contributed by atoms with Crippen LogP contribution in [0, 0.1) is 0 Å². The molecule has 1 N–H and O–H groups in total. The highest BCUT2D eigenvalue weighted by molar-refractivity contribution is 9.10. The first-order valence-electron chi connectivity index (χ1n) is 6.03. The topological polar surface area (TPSA) is 29.9 Å². The molecule has 0 spiro atoms. The highest BCUT2D eigenvalue weighted by Crippen LogP contribution is 2.39. The van der Waals surface area contributed by atoms with Gasteiger partial charge in [-0.15, -0.1) is 0 Å². The number of fused-ring (bicyclic) bond motifs is 1. The molecule has 0 amide bonds. The quantitative estimate of drug-likeness (QED) is 0.784. The summed E-state index contributed by atoms with van der Waals surface area (Å²) in [6.45, 7) is -0.226. The lowest BCUT2D eigenvalue weighted by Crippen LogP contribution is -2.02. The van der Waals surface area contributed by atoms with E-state index in [0.717, 1.165) is 15.4 Å². The summed E-state index contributed by atoms with van der Waals surface area (Å²) >= 11 is 11.4. The zero-order valence-corrected chi connectivity index (χ0v) is 13.2. The minimum Gasteiger partial charge on any atom is -0.312 e. The van der Waals surface area contributed by atoms with E-state index in [9.17, 15) is 4.39 Å². The zero-order chi connectivity index (χ0) is 13.4. The van der Waals surface area contributed by atoms with Gasteiger partial charge in [-0.05, 0) is 52.9 Å². The van der Waals surface area contributed by atoms with Crippen LogP contribution in [-0.2, 0) is 6.54 Å². The monoisotopic (exact) mass is 363 g/mol. The second-order valence-electron chi connectivity index (χ2n) is 4.43. The van der Waals surface area contributed by atoms with Crippen molar-refractivity contribution in [3.05, 3.63) is 21.6 Å². The third-order valence-electron chi connectivity index (χ3n) is 2.94. The molecule has 0 atom stereocenters. The second kappa shape index (κ2) is 5.50. The van der Waals surface area contributed by atoms with E-state index in [1.807, 2.05) is 12.1 Å². The van der Waals surface area contributed by atoms with Crippen molar-refractivity contribution in [2.24, 2.45) is 0 Å². The summed E-state index contributed by atoms with van der Waals surface area (Å²) in [5, 5.41) is 6.56. The Morgan fingerprint density at radius 3 is 3.00 bits per heavy atom. The molecule has 1 aliphatic carbocycles. The third kappa shape index (κ3) is 2.71. The second-order valence-corrected chi connectivity index (χ2v) is 6.80. The van der Waals surface area contributed by atoms with Crippen molar-refractivity contribution in [2.45, 2.75) is 24.6 Å². The highest BCUT2D eigenvalue weighted by atomic mass is 79.9. The Kier molecular flexibility index (Phi) is 3.91. The summed E-state index contributed by atoms with van der Waals surface area (Å²) in [6, 6.07) is 3.68. The number of nitrogens with one attached hydrogen (secondary N) is 1. The molecular weight excluding hydrogens is 353 g/mol. The molecule has 1 aromatic heterocycles. The Labute approximate surface area is 128 Å². The lowest BCUT2D eigenvalue weighted by molar-refractivity contribution is 0.433. The lowest BCUT2D eigenvalue weighted by atomic mass is 10.2. The number of aromatic nitrogens is 2. The predicted molar refractivity (Wildman–Crippen MR) is 82.7 cm³/mol. The Bertz CT molecular complexity index is 615. The lowest BCUT2D eigenvalue weighted by Gasteiger charge is -2.02. The van der Waals surface area contributed by atoms with Gasteiger partial charge in [0.25, 0.3) is 0 Å². The van der Waals surface area contributed by atoms with Crippen LogP contribution in [0.25, 0.3) is 10.9 Å². The summed E-state index contributed by atoms with van der Waals surface area (Å²) in [6.07, 6.45) is 2.47. The Morgan fingerprint density at radius 1 is 1.53 bits per heavy atom. The maximum atomic E-state index is 12.6. The van der Waals surface area contributed by atoms with Crippen LogP contribution in [-0.4, -0.2) is 21.7 Å². The van der Waals surface area contributed by atoms with Gasteiger partial charge in [-0.1, -0.05) is 11.6 Å². The first-order valence-corrected chi connectivity index (χ1v) is 8.08. The average Bonchev–Trinajstić information content (AvgIpc) is 3.14. The van der Waals surface area contributed by atoms with Crippen LogP contribution in [0.5, 0.6) is 0 Å². The molecule has 3 nitrogen and oxygen atoms in total. The summed E-state index contributed by atoms with van der Waals surface area (Å²) in [5.74, 6) is 0.714. The van der Waals surface area contributed by atoms with Gasteiger partial charge in [0.15, 0.2) is 5.82 Å². The molecule has 3 rings (SSSR count). The first-order chi connectivity index (χ1) is 9.20. The molecular formula is C12H12BrClFN3S. The number of alkyl halides is 1. The SMILES string of the molecule is FCCn1nc(NSC2CC2)c2c(Cl)ccc(Br)c21. The fourth-order valence-electron chi connectivity index (χ4n) is 1.88. The average molecular weight is 365 g/mol. The molecule has 1 fully saturated rings. The van der Waals surface area contributed by atoms with Gasteiger partial charge in [0, 0.05) is 9.72 Å². The van der Waals surface area contributed by atoms with Crippen LogP contribution >= 0.6 is 39.5 Å². The maximum absolute atomic E-state index is 12.6. The van der Waals surface area contributed by atoms with Crippen molar-refractivity contribution in [3.63, 3.8) is 0 Å². The summed E-state index contributed by atoms with van der Waals surface area (Å²) < 4.78 is 18.4. The van der Waals surface area contributed by atoms with E-state index in [0.29, 0.717) is 16.1 Å². The number of hydrogen-bond acceptors (Lipinski definition) is 3. The van der Waals surface area contributed by atoms with Crippen molar-refractivity contribution in [3.8, 4) is 0 Å². The molecule has 7 heteroatoms.